The summed E-state index contributed by atoms with van der Waals surface area (Å²) in [5.74, 6) is -0.0294. The highest BCUT2D eigenvalue weighted by Crippen LogP contribution is 2.30. The van der Waals surface area contributed by atoms with Gasteiger partial charge in [0.1, 0.15) is 13.1 Å². The van der Waals surface area contributed by atoms with Crippen LogP contribution in [0.25, 0.3) is 16.3 Å². The van der Waals surface area contributed by atoms with Gasteiger partial charge < -0.3 is 9.64 Å². The average molecular weight is 409 g/mol. The number of aryl methyl sites for hydroxylation is 1. The number of fused-ring (bicyclic) bond motifs is 1. The molecule has 3 aromatic rings. The summed E-state index contributed by atoms with van der Waals surface area (Å²) in [6.45, 7) is 7.15. The Morgan fingerprint density at radius 3 is 2.72 bits per heavy atom. The SMILES string of the molecule is Cc1cccc2sc(N(CC[NH+]3CCOCC3)C(=O)/C=C/c3ccccc3)nc12. The molecule has 1 aliphatic rings. The number of hydrogen-bond acceptors (Lipinski definition) is 4. The highest BCUT2D eigenvalue weighted by atomic mass is 32.1. The molecule has 1 saturated heterocycles. The van der Waals surface area contributed by atoms with Crippen molar-refractivity contribution in [2.45, 2.75) is 6.92 Å². The molecule has 0 aliphatic carbocycles. The highest BCUT2D eigenvalue weighted by molar-refractivity contribution is 7.22. The van der Waals surface area contributed by atoms with E-state index < -0.39 is 0 Å². The molecular formula is C23H26N3O2S+. The van der Waals surface area contributed by atoms with Gasteiger partial charge in [0.25, 0.3) is 5.91 Å². The van der Waals surface area contributed by atoms with Crippen molar-refractivity contribution in [3.63, 3.8) is 0 Å². The van der Waals surface area contributed by atoms with Crippen LogP contribution in [0.2, 0.25) is 0 Å². The van der Waals surface area contributed by atoms with E-state index in [2.05, 4.69) is 19.1 Å². The van der Waals surface area contributed by atoms with Crippen LogP contribution in [0.3, 0.4) is 0 Å². The number of carbonyl (C=O) groups is 1. The molecule has 0 radical (unpaired) electrons. The van der Waals surface area contributed by atoms with E-state index >= 15 is 0 Å². The molecule has 6 heteroatoms. The minimum Gasteiger partial charge on any atom is -0.370 e. The van der Waals surface area contributed by atoms with Gasteiger partial charge in [0.2, 0.25) is 0 Å². The minimum absolute atomic E-state index is 0.0294. The lowest BCUT2D eigenvalue weighted by Gasteiger charge is -2.26. The van der Waals surface area contributed by atoms with Crippen LogP contribution in [0.5, 0.6) is 0 Å². The number of nitrogens with one attached hydrogen (secondary N) is 1. The first-order valence-electron chi connectivity index (χ1n) is 10.0. The standard InChI is InChI=1S/C23H25N3O2S/c1-18-6-5-9-20-22(18)24-23(29-20)26(13-12-25-14-16-28-17-15-25)21(27)11-10-19-7-3-2-4-8-19/h2-11H,12-17H2,1H3/p+1/b11-10+. The van der Waals surface area contributed by atoms with E-state index in [1.807, 2.05) is 47.4 Å². The van der Waals surface area contributed by atoms with Crippen molar-refractivity contribution in [2.24, 2.45) is 0 Å². The summed E-state index contributed by atoms with van der Waals surface area (Å²) in [7, 11) is 0. The van der Waals surface area contributed by atoms with E-state index in [0.717, 1.165) is 59.3 Å². The molecule has 150 valence electrons. The van der Waals surface area contributed by atoms with Crippen LogP contribution in [-0.2, 0) is 9.53 Å². The van der Waals surface area contributed by atoms with Crippen LogP contribution >= 0.6 is 11.3 Å². The number of benzene rings is 2. The molecule has 0 saturated carbocycles. The molecular weight excluding hydrogens is 382 g/mol. The average Bonchev–Trinajstić information content (AvgIpc) is 3.19. The van der Waals surface area contributed by atoms with Crippen LogP contribution < -0.4 is 9.80 Å². The normalized spacial score (nSPS) is 15.2. The molecule has 1 fully saturated rings. The summed E-state index contributed by atoms with van der Waals surface area (Å²) in [5.41, 5.74) is 3.13. The monoisotopic (exact) mass is 408 g/mol. The van der Waals surface area contributed by atoms with Gasteiger partial charge in [0, 0.05) is 6.08 Å². The third-order valence-electron chi connectivity index (χ3n) is 5.21. The summed E-state index contributed by atoms with van der Waals surface area (Å²) in [6, 6.07) is 16.1. The van der Waals surface area contributed by atoms with Crippen molar-refractivity contribution in [2.75, 3.05) is 44.3 Å². The van der Waals surface area contributed by atoms with Gasteiger partial charge in [0.15, 0.2) is 5.13 Å². The van der Waals surface area contributed by atoms with Gasteiger partial charge in [-0.3, -0.25) is 9.69 Å². The topological polar surface area (TPSA) is 46.9 Å². The zero-order chi connectivity index (χ0) is 20.1. The molecule has 29 heavy (non-hydrogen) atoms. The van der Waals surface area contributed by atoms with Crippen molar-refractivity contribution in [3.8, 4) is 0 Å². The maximum atomic E-state index is 13.1. The summed E-state index contributed by atoms with van der Waals surface area (Å²) in [5, 5.41) is 0.768. The molecule has 2 aromatic carbocycles. The first kappa shape index (κ1) is 19.8. The largest absolute Gasteiger partial charge is 0.370 e. The van der Waals surface area contributed by atoms with Crippen molar-refractivity contribution in [1.29, 1.82) is 0 Å². The first-order chi connectivity index (χ1) is 14.2. The number of para-hydroxylation sites is 1. The number of hydrogen-bond donors (Lipinski definition) is 1. The summed E-state index contributed by atoms with van der Waals surface area (Å²) < 4.78 is 6.57. The Bertz CT molecular complexity index is 994. The Balaban J connectivity index is 1.57. The maximum absolute atomic E-state index is 13.1. The van der Waals surface area contributed by atoms with Crippen LogP contribution in [0.15, 0.2) is 54.6 Å². The van der Waals surface area contributed by atoms with Gasteiger partial charge in [0.05, 0.1) is 36.5 Å². The van der Waals surface area contributed by atoms with Gasteiger partial charge in [-0.1, -0.05) is 53.8 Å². The number of amides is 1. The Morgan fingerprint density at radius 1 is 1.17 bits per heavy atom. The van der Waals surface area contributed by atoms with Gasteiger partial charge in [-0.2, -0.15) is 0 Å². The summed E-state index contributed by atoms with van der Waals surface area (Å²) in [4.78, 5) is 21.2. The van der Waals surface area contributed by atoms with Crippen LogP contribution in [0.1, 0.15) is 11.1 Å². The Kier molecular flexibility index (Phi) is 6.34. The molecule has 0 atom stereocenters. The number of quaternary nitrogens is 1. The minimum atomic E-state index is -0.0294. The lowest BCUT2D eigenvalue weighted by Crippen LogP contribution is -3.14. The van der Waals surface area contributed by atoms with Crippen molar-refractivity contribution in [1.82, 2.24) is 4.98 Å². The number of rotatable bonds is 6. The first-order valence-corrected chi connectivity index (χ1v) is 10.8. The van der Waals surface area contributed by atoms with E-state index in [1.165, 1.54) is 4.90 Å². The third kappa shape index (κ3) is 4.90. The molecule has 0 unspecified atom stereocenters. The van der Waals surface area contributed by atoms with Crippen molar-refractivity contribution in [3.05, 3.63) is 65.7 Å². The van der Waals surface area contributed by atoms with Crippen molar-refractivity contribution < 1.29 is 14.4 Å². The zero-order valence-electron chi connectivity index (χ0n) is 16.6. The van der Waals surface area contributed by atoms with Crippen LogP contribution in [0.4, 0.5) is 5.13 Å². The second kappa shape index (κ2) is 9.31. The molecule has 5 nitrogen and oxygen atoms in total. The lowest BCUT2D eigenvalue weighted by atomic mass is 10.2. The Hall–Kier alpha value is -2.54. The van der Waals surface area contributed by atoms with E-state index in [4.69, 9.17) is 9.72 Å². The number of morpholine rings is 1. The van der Waals surface area contributed by atoms with Gasteiger partial charge in [-0.15, -0.1) is 0 Å². The summed E-state index contributed by atoms with van der Waals surface area (Å²) >= 11 is 1.58. The quantitative estimate of drug-likeness (QED) is 0.638. The molecule has 1 amide bonds. The number of anilines is 1. The predicted molar refractivity (Wildman–Crippen MR) is 119 cm³/mol. The second-order valence-corrected chi connectivity index (χ2v) is 8.27. The zero-order valence-corrected chi connectivity index (χ0v) is 17.5. The van der Waals surface area contributed by atoms with Gasteiger partial charge >= 0.3 is 0 Å². The Labute approximate surface area is 175 Å². The third-order valence-corrected chi connectivity index (χ3v) is 6.26. The van der Waals surface area contributed by atoms with E-state index in [-0.39, 0.29) is 5.91 Å². The highest BCUT2D eigenvalue weighted by Gasteiger charge is 2.22. The number of carbonyl (C=O) groups excluding carboxylic acids is 1. The molecule has 0 bridgehead atoms. The van der Waals surface area contributed by atoms with Gasteiger partial charge in [-0.25, -0.2) is 4.98 Å². The molecule has 0 spiro atoms. The summed E-state index contributed by atoms with van der Waals surface area (Å²) in [6.07, 6.45) is 3.53. The molecule has 4 rings (SSSR count). The van der Waals surface area contributed by atoms with E-state index in [0.29, 0.717) is 6.54 Å². The van der Waals surface area contributed by atoms with Gasteiger partial charge in [-0.05, 0) is 30.2 Å². The molecule has 1 aliphatic heterocycles. The second-order valence-electron chi connectivity index (χ2n) is 7.26. The smallest absolute Gasteiger partial charge is 0.252 e. The fourth-order valence-corrected chi connectivity index (χ4v) is 4.57. The number of thiazole rings is 1. The fourth-order valence-electron chi connectivity index (χ4n) is 3.49. The van der Waals surface area contributed by atoms with Crippen molar-refractivity contribution >= 4 is 38.7 Å². The fraction of sp³-hybridized carbons (Fsp3) is 0.304. The molecule has 1 aromatic heterocycles. The molecule has 1 N–H and O–H groups in total. The molecule has 2 heterocycles. The predicted octanol–water partition coefficient (Wildman–Crippen LogP) is 2.57. The number of nitrogens with zero attached hydrogens (tertiary/aromatic N) is 2. The van der Waals surface area contributed by atoms with E-state index in [9.17, 15) is 4.79 Å². The number of aromatic nitrogens is 1. The van der Waals surface area contributed by atoms with Crippen LogP contribution in [-0.4, -0.2) is 50.3 Å². The van der Waals surface area contributed by atoms with Crippen LogP contribution in [0, 0.1) is 6.92 Å². The lowest BCUT2D eigenvalue weighted by molar-refractivity contribution is -0.906. The Morgan fingerprint density at radius 2 is 1.97 bits per heavy atom. The van der Waals surface area contributed by atoms with E-state index in [1.54, 1.807) is 17.4 Å². The number of ether oxygens (including phenoxy) is 1. The maximum Gasteiger partial charge on any atom is 0.252 e.